The summed E-state index contributed by atoms with van der Waals surface area (Å²) in [6.45, 7) is 8.55. The second-order valence-corrected chi connectivity index (χ2v) is 11.6. The van der Waals surface area contributed by atoms with Gasteiger partial charge >= 0.3 is 0 Å². The van der Waals surface area contributed by atoms with Gasteiger partial charge in [0.25, 0.3) is 10.0 Å². The molecule has 2 aliphatic rings. The van der Waals surface area contributed by atoms with E-state index in [-0.39, 0.29) is 5.91 Å². The van der Waals surface area contributed by atoms with E-state index in [1.807, 2.05) is 24.0 Å². The fraction of sp³-hybridized carbons (Fsp3) is 0.500. The Balaban J connectivity index is 1.22. The highest BCUT2D eigenvalue weighted by Crippen LogP contribution is 2.25. The summed E-state index contributed by atoms with van der Waals surface area (Å²) in [5.74, 6) is 0.0977. The van der Waals surface area contributed by atoms with Gasteiger partial charge in [0.05, 0.1) is 6.54 Å². The van der Waals surface area contributed by atoms with E-state index in [2.05, 4.69) is 34.1 Å². The highest BCUT2D eigenvalue weighted by molar-refractivity contribution is 7.91. The van der Waals surface area contributed by atoms with Crippen LogP contribution in [-0.4, -0.2) is 92.2 Å². The number of sulfonamides is 1. The van der Waals surface area contributed by atoms with Gasteiger partial charge in [-0.05, 0) is 24.6 Å². The van der Waals surface area contributed by atoms with Crippen LogP contribution in [0.1, 0.15) is 10.4 Å². The number of piperazine rings is 2. The zero-order valence-electron chi connectivity index (χ0n) is 17.9. The smallest absolute Gasteiger partial charge is 0.252 e. The maximum Gasteiger partial charge on any atom is 0.252 e. The number of rotatable bonds is 6. The number of hydrogen-bond acceptors (Lipinski definition) is 6. The third-order valence-electron chi connectivity index (χ3n) is 5.97. The number of amides is 1. The Bertz CT molecular complexity index is 977. The van der Waals surface area contributed by atoms with Gasteiger partial charge in [-0.1, -0.05) is 30.3 Å². The zero-order valence-corrected chi connectivity index (χ0v) is 19.6. The van der Waals surface area contributed by atoms with E-state index in [9.17, 15) is 13.2 Å². The van der Waals surface area contributed by atoms with Crippen LogP contribution in [0.25, 0.3) is 0 Å². The van der Waals surface area contributed by atoms with Crippen LogP contribution < -0.4 is 0 Å². The molecule has 0 spiro atoms. The predicted octanol–water partition coefficient (Wildman–Crippen LogP) is 1.71. The maximum absolute atomic E-state index is 12.8. The van der Waals surface area contributed by atoms with Crippen molar-refractivity contribution in [3.05, 3.63) is 52.9 Å². The molecule has 0 saturated carbocycles. The van der Waals surface area contributed by atoms with E-state index in [0.29, 0.717) is 36.9 Å². The summed E-state index contributed by atoms with van der Waals surface area (Å²) in [6, 6.07) is 14.0. The summed E-state index contributed by atoms with van der Waals surface area (Å²) in [4.78, 5) is 20.2. The van der Waals surface area contributed by atoms with Crippen LogP contribution in [0.3, 0.4) is 0 Å². The molecule has 2 aromatic rings. The molecule has 1 aromatic heterocycles. The van der Waals surface area contributed by atoms with Gasteiger partial charge < -0.3 is 4.90 Å². The summed E-state index contributed by atoms with van der Waals surface area (Å²) in [7, 11) is -3.45. The first-order valence-corrected chi connectivity index (χ1v) is 13.0. The number of aryl methyl sites for hydroxylation is 1. The van der Waals surface area contributed by atoms with Crippen molar-refractivity contribution in [3.8, 4) is 0 Å². The summed E-state index contributed by atoms with van der Waals surface area (Å²) in [6.07, 6.45) is 0. The quantitative estimate of drug-likeness (QED) is 0.654. The van der Waals surface area contributed by atoms with Crippen molar-refractivity contribution in [2.75, 3.05) is 58.9 Å². The molecule has 168 valence electrons. The highest BCUT2D eigenvalue weighted by atomic mass is 32.2. The first kappa shape index (κ1) is 22.4. The van der Waals surface area contributed by atoms with E-state index in [0.717, 1.165) is 37.6 Å². The van der Waals surface area contributed by atoms with Gasteiger partial charge in [-0.2, -0.15) is 4.31 Å². The van der Waals surface area contributed by atoms with Gasteiger partial charge in [-0.3, -0.25) is 14.6 Å². The molecular formula is C22H30N4O3S2. The monoisotopic (exact) mass is 462 g/mol. The van der Waals surface area contributed by atoms with E-state index < -0.39 is 10.0 Å². The number of benzene rings is 1. The third kappa shape index (κ3) is 5.53. The average Bonchev–Trinajstić information content (AvgIpc) is 3.23. The molecule has 0 radical (unpaired) electrons. The molecule has 0 atom stereocenters. The number of hydrogen-bond donors (Lipinski definition) is 0. The number of carbonyl (C=O) groups excluding carboxylic acids is 1. The fourth-order valence-electron chi connectivity index (χ4n) is 4.09. The van der Waals surface area contributed by atoms with Crippen LogP contribution in [0, 0.1) is 6.92 Å². The topological polar surface area (TPSA) is 64.2 Å². The Morgan fingerprint density at radius 1 is 0.871 bits per heavy atom. The lowest BCUT2D eigenvalue weighted by Gasteiger charge is -2.37. The Morgan fingerprint density at radius 2 is 1.52 bits per heavy atom. The predicted molar refractivity (Wildman–Crippen MR) is 123 cm³/mol. The zero-order chi connectivity index (χ0) is 21.8. The lowest BCUT2D eigenvalue weighted by molar-refractivity contribution is -0.134. The van der Waals surface area contributed by atoms with Crippen LogP contribution in [0.15, 0.2) is 46.7 Å². The Morgan fingerprint density at radius 3 is 2.13 bits per heavy atom. The number of thiophene rings is 1. The Labute approximate surface area is 188 Å². The van der Waals surface area contributed by atoms with Crippen LogP contribution in [0.5, 0.6) is 0 Å². The molecule has 0 N–H and O–H groups in total. The number of nitrogens with zero attached hydrogens (tertiary/aromatic N) is 4. The second kappa shape index (κ2) is 9.79. The lowest BCUT2D eigenvalue weighted by Crippen LogP contribution is -2.54. The van der Waals surface area contributed by atoms with Crippen molar-refractivity contribution >= 4 is 27.3 Å². The van der Waals surface area contributed by atoms with Crippen molar-refractivity contribution in [2.45, 2.75) is 17.7 Å². The minimum atomic E-state index is -3.45. The summed E-state index contributed by atoms with van der Waals surface area (Å²) in [5.41, 5.74) is 1.32. The largest absolute Gasteiger partial charge is 0.339 e. The lowest BCUT2D eigenvalue weighted by atomic mass is 10.2. The van der Waals surface area contributed by atoms with Crippen LogP contribution in [0.4, 0.5) is 0 Å². The van der Waals surface area contributed by atoms with Crippen molar-refractivity contribution in [1.82, 2.24) is 19.0 Å². The van der Waals surface area contributed by atoms with Crippen LogP contribution in [-0.2, 0) is 21.4 Å². The van der Waals surface area contributed by atoms with E-state index in [1.165, 1.54) is 21.2 Å². The van der Waals surface area contributed by atoms with Crippen molar-refractivity contribution < 1.29 is 13.2 Å². The molecule has 7 nitrogen and oxygen atoms in total. The van der Waals surface area contributed by atoms with Gasteiger partial charge in [-0.15, -0.1) is 11.3 Å². The van der Waals surface area contributed by atoms with Crippen molar-refractivity contribution in [3.63, 3.8) is 0 Å². The summed E-state index contributed by atoms with van der Waals surface area (Å²) in [5, 5.41) is 0. The maximum atomic E-state index is 12.8. The van der Waals surface area contributed by atoms with Gasteiger partial charge in [0, 0.05) is 63.8 Å². The molecule has 9 heteroatoms. The van der Waals surface area contributed by atoms with Crippen molar-refractivity contribution in [1.29, 1.82) is 0 Å². The summed E-state index contributed by atoms with van der Waals surface area (Å²) < 4.78 is 27.4. The Kier molecular flexibility index (Phi) is 7.08. The van der Waals surface area contributed by atoms with Gasteiger partial charge in [0.1, 0.15) is 4.21 Å². The molecule has 2 aliphatic heterocycles. The molecule has 31 heavy (non-hydrogen) atoms. The molecule has 0 aliphatic carbocycles. The molecule has 0 unspecified atom stereocenters. The fourth-order valence-corrected chi connectivity index (χ4v) is 6.95. The standard InChI is InChI=1S/C22H30N4O3S2/c1-19-7-8-22(30-19)31(28,29)26-15-13-25(14-16-26)21(27)18-24-11-9-23(10-12-24)17-20-5-3-2-4-6-20/h2-8H,9-18H2,1H3. The van der Waals surface area contributed by atoms with Crippen molar-refractivity contribution in [2.24, 2.45) is 0 Å². The van der Waals surface area contributed by atoms with Gasteiger partial charge in [0.15, 0.2) is 0 Å². The third-order valence-corrected chi connectivity index (χ3v) is 9.34. The van der Waals surface area contributed by atoms with E-state index in [1.54, 1.807) is 6.07 Å². The molecule has 2 saturated heterocycles. The van der Waals surface area contributed by atoms with Crippen LogP contribution >= 0.6 is 11.3 Å². The minimum Gasteiger partial charge on any atom is -0.339 e. The normalized spacial score (nSPS) is 19.6. The first-order chi connectivity index (χ1) is 14.9. The molecule has 0 bridgehead atoms. The van der Waals surface area contributed by atoms with E-state index >= 15 is 0 Å². The Hall–Kier alpha value is -1.78. The molecule has 1 aromatic carbocycles. The molecule has 4 rings (SSSR count). The molecule has 2 fully saturated rings. The molecule has 1 amide bonds. The summed E-state index contributed by atoms with van der Waals surface area (Å²) >= 11 is 1.30. The number of carbonyl (C=O) groups is 1. The van der Waals surface area contributed by atoms with Gasteiger partial charge in [0.2, 0.25) is 5.91 Å². The molecular weight excluding hydrogens is 432 g/mol. The van der Waals surface area contributed by atoms with E-state index in [4.69, 9.17) is 0 Å². The second-order valence-electron chi connectivity index (χ2n) is 8.19. The van der Waals surface area contributed by atoms with Crippen LogP contribution in [0.2, 0.25) is 0 Å². The average molecular weight is 463 g/mol. The minimum absolute atomic E-state index is 0.0977. The highest BCUT2D eigenvalue weighted by Gasteiger charge is 2.31. The SMILES string of the molecule is Cc1ccc(S(=O)(=O)N2CCN(C(=O)CN3CCN(Cc4ccccc4)CC3)CC2)s1. The van der Waals surface area contributed by atoms with Gasteiger partial charge in [-0.25, -0.2) is 8.42 Å². The molecule has 3 heterocycles. The first-order valence-electron chi connectivity index (χ1n) is 10.7.